The number of halogens is 3. The number of hydrogen-bond acceptors (Lipinski definition) is 1. The van der Waals surface area contributed by atoms with Crippen LogP contribution in [0.25, 0.3) is 0 Å². The Kier molecular flexibility index (Phi) is 3.46. The van der Waals surface area contributed by atoms with Gasteiger partial charge in [-0.15, -0.1) is 0 Å². The third kappa shape index (κ3) is 2.77. The van der Waals surface area contributed by atoms with E-state index in [1.54, 1.807) is 0 Å². The van der Waals surface area contributed by atoms with Crippen molar-refractivity contribution in [2.45, 2.75) is 6.42 Å². The highest BCUT2D eigenvalue weighted by Gasteiger charge is 2.10. The molecule has 2 aromatic rings. The molecule has 0 N–H and O–H groups in total. The van der Waals surface area contributed by atoms with E-state index in [9.17, 15) is 18.0 Å². The highest BCUT2D eigenvalue weighted by atomic mass is 19.2. The van der Waals surface area contributed by atoms with Crippen molar-refractivity contribution in [3.8, 4) is 0 Å². The maximum Gasteiger partial charge on any atom is 0.167 e. The van der Waals surface area contributed by atoms with E-state index in [0.717, 1.165) is 12.1 Å². The number of carbonyl (C=O) groups is 1. The fourth-order valence-electron chi connectivity index (χ4n) is 1.56. The molecule has 0 aliphatic heterocycles. The summed E-state index contributed by atoms with van der Waals surface area (Å²) < 4.78 is 38.3. The summed E-state index contributed by atoms with van der Waals surface area (Å²) in [6.07, 6.45) is 0.0192. The molecule has 0 unspecified atom stereocenters. The SMILES string of the molecule is O=C(Cc1ccc(F)cc1)c1ccc(F)c(F)c1. The first kappa shape index (κ1) is 12.4. The molecule has 0 radical (unpaired) electrons. The summed E-state index contributed by atoms with van der Waals surface area (Å²) in [4.78, 5) is 11.8. The summed E-state index contributed by atoms with van der Waals surface area (Å²) in [6.45, 7) is 0. The lowest BCUT2D eigenvalue weighted by Crippen LogP contribution is -2.04. The van der Waals surface area contributed by atoms with Gasteiger partial charge in [-0.05, 0) is 35.9 Å². The van der Waals surface area contributed by atoms with Gasteiger partial charge in [-0.2, -0.15) is 0 Å². The zero-order chi connectivity index (χ0) is 13.1. The molecule has 0 saturated carbocycles. The van der Waals surface area contributed by atoms with Crippen molar-refractivity contribution in [3.63, 3.8) is 0 Å². The van der Waals surface area contributed by atoms with E-state index in [2.05, 4.69) is 0 Å². The summed E-state index contributed by atoms with van der Waals surface area (Å²) in [5, 5.41) is 0. The quantitative estimate of drug-likeness (QED) is 0.761. The fourth-order valence-corrected chi connectivity index (χ4v) is 1.56. The lowest BCUT2D eigenvalue weighted by Gasteiger charge is -2.02. The maximum absolute atomic E-state index is 13.0. The number of Topliss-reactive ketones (excluding diaryl/α,β-unsaturated/α-hetero) is 1. The van der Waals surface area contributed by atoms with Crippen molar-refractivity contribution in [2.24, 2.45) is 0 Å². The third-order valence-electron chi connectivity index (χ3n) is 2.52. The Morgan fingerprint density at radius 3 is 2.17 bits per heavy atom. The molecule has 18 heavy (non-hydrogen) atoms. The average molecular weight is 250 g/mol. The highest BCUT2D eigenvalue weighted by molar-refractivity contribution is 5.97. The van der Waals surface area contributed by atoms with Gasteiger partial charge in [-0.25, -0.2) is 13.2 Å². The van der Waals surface area contributed by atoms with Crippen LogP contribution in [0.15, 0.2) is 42.5 Å². The predicted octanol–water partition coefficient (Wildman–Crippen LogP) is 3.53. The largest absolute Gasteiger partial charge is 0.294 e. The van der Waals surface area contributed by atoms with Gasteiger partial charge in [-0.1, -0.05) is 12.1 Å². The van der Waals surface area contributed by atoms with Crippen molar-refractivity contribution < 1.29 is 18.0 Å². The summed E-state index contributed by atoms with van der Waals surface area (Å²) in [5.41, 5.74) is 0.712. The Hall–Kier alpha value is -2.10. The Bertz CT molecular complexity index is 576. The van der Waals surface area contributed by atoms with Crippen LogP contribution in [0.5, 0.6) is 0 Å². The average Bonchev–Trinajstić information content (AvgIpc) is 2.35. The van der Waals surface area contributed by atoms with Crippen LogP contribution in [0, 0.1) is 17.5 Å². The molecule has 2 aromatic carbocycles. The third-order valence-corrected chi connectivity index (χ3v) is 2.52. The van der Waals surface area contributed by atoms with Gasteiger partial charge in [0.1, 0.15) is 5.82 Å². The number of carbonyl (C=O) groups excluding carboxylic acids is 1. The van der Waals surface area contributed by atoms with Gasteiger partial charge < -0.3 is 0 Å². The molecule has 0 aromatic heterocycles. The molecule has 0 aliphatic rings. The molecule has 0 heterocycles. The topological polar surface area (TPSA) is 17.1 Å². The van der Waals surface area contributed by atoms with Crippen molar-refractivity contribution in [3.05, 3.63) is 71.0 Å². The van der Waals surface area contributed by atoms with Gasteiger partial charge in [0, 0.05) is 12.0 Å². The minimum absolute atomic E-state index is 0.0192. The van der Waals surface area contributed by atoms with E-state index < -0.39 is 11.6 Å². The van der Waals surface area contributed by atoms with Crippen LogP contribution in [0.4, 0.5) is 13.2 Å². The van der Waals surface area contributed by atoms with E-state index >= 15 is 0 Å². The molecule has 0 atom stereocenters. The van der Waals surface area contributed by atoms with Gasteiger partial charge >= 0.3 is 0 Å². The molecular formula is C14H9F3O. The zero-order valence-electron chi connectivity index (χ0n) is 9.29. The second-order valence-corrected chi connectivity index (χ2v) is 3.86. The normalized spacial score (nSPS) is 10.4. The first-order valence-corrected chi connectivity index (χ1v) is 5.29. The monoisotopic (exact) mass is 250 g/mol. The number of rotatable bonds is 3. The second kappa shape index (κ2) is 5.04. The summed E-state index contributed by atoms with van der Waals surface area (Å²) >= 11 is 0. The molecule has 0 saturated heterocycles. The van der Waals surface area contributed by atoms with E-state index in [1.807, 2.05) is 0 Å². The number of benzene rings is 2. The van der Waals surface area contributed by atoms with E-state index in [4.69, 9.17) is 0 Å². The number of hydrogen-bond donors (Lipinski definition) is 0. The van der Waals surface area contributed by atoms with Crippen molar-refractivity contribution in [1.82, 2.24) is 0 Å². The van der Waals surface area contributed by atoms with E-state index in [0.29, 0.717) is 5.56 Å². The molecular weight excluding hydrogens is 241 g/mol. The van der Waals surface area contributed by atoms with Crippen LogP contribution in [0.3, 0.4) is 0 Å². The van der Waals surface area contributed by atoms with Crippen LogP contribution in [-0.2, 0) is 6.42 Å². The first-order valence-electron chi connectivity index (χ1n) is 5.29. The van der Waals surface area contributed by atoms with Crippen molar-refractivity contribution in [1.29, 1.82) is 0 Å². The number of ketones is 1. The first-order chi connectivity index (χ1) is 8.56. The Morgan fingerprint density at radius 2 is 1.56 bits per heavy atom. The molecule has 0 spiro atoms. The van der Waals surface area contributed by atoms with Crippen LogP contribution in [-0.4, -0.2) is 5.78 Å². The van der Waals surface area contributed by atoms with Gasteiger partial charge in [0.15, 0.2) is 17.4 Å². The van der Waals surface area contributed by atoms with Crippen molar-refractivity contribution in [2.75, 3.05) is 0 Å². The minimum Gasteiger partial charge on any atom is -0.294 e. The second-order valence-electron chi connectivity index (χ2n) is 3.86. The Labute approximate surface area is 102 Å². The minimum atomic E-state index is -1.06. The van der Waals surface area contributed by atoms with Gasteiger partial charge in [-0.3, -0.25) is 4.79 Å². The van der Waals surface area contributed by atoms with Gasteiger partial charge in [0.2, 0.25) is 0 Å². The Balaban J connectivity index is 2.16. The molecule has 92 valence electrons. The molecule has 2 rings (SSSR count). The van der Waals surface area contributed by atoms with E-state index in [1.165, 1.54) is 30.3 Å². The molecule has 1 nitrogen and oxygen atoms in total. The van der Waals surface area contributed by atoms with Crippen LogP contribution in [0.2, 0.25) is 0 Å². The molecule has 0 aliphatic carbocycles. The van der Waals surface area contributed by atoms with Crippen LogP contribution < -0.4 is 0 Å². The van der Waals surface area contributed by atoms with Crippen LogP contribution >= 0.6 is 0 Å². The van der Waals surface area contributed by atoms with Crippen LogP contribution in [0.1, 0.15) is 15.9 Å². The maximum atomic E-state index is 13.0. The zero-order valence-corrected chi connectivity index (χ0v) is 9.29. The lowest BCUT2D eigenvalue weighted by molar-refractivity contribution is 0.0992. The molecule has 0 bridgehead atoms. The van der Waals surface area contributed by atoms with Crippen molar-refractivity contribution >= 4 is 5.78 Å². The smallest absolute Gasteiger partial charge is 0.167 e. The Morgan fingerprint density at radius 1 is 0.889 bits per heavy atom. The fraction of sp³-hybridized carbons (Fsp3) is 0.0714. The lowest BCUT2D eigenvalue weighted by atomic mass is 10.0. The molecule has 4 heteroatoms. The molecule has 0 fully saturated rings. The summed E-state index contributed by atoms with van der Waals surface area (Å²) in [6, 6.07) is 8.45. The van der Waals surface area contributed by atoms with Gasteiger partial charge in [0.05, 0.1) is 0 Å². The predicted molar refractivity (Wildman–Crippen MR) is 60.8 cm³/mol. The molecule has 0 amide bonds. The summed E-state index contributed by atoms with van der Waals surface area (Å²) in [7, 11) is 0. The summed E-state index contributed by atoms with van der Waals surface area (Å²) in [5.74, 6) is -2.78. The highest BCUT2D eigenvalue weighted by Crippen LogP contribution is 2.12. The standard InChI is InChI=1S/C14H9F3O/c15-11-4-1-9(2-5-11)7-14(18)10-3-6-12(16)13(17)8-10/h1-6,8H,7H2. The van der Waals surface area contributed by atoms with Gasteiger partial charge in [0.25, 0.3) is 0 Å². The van der Waals surface area contributed by atoms with E-state index in [-0.39, 0.29) is 23.6 Å².